The summed E-state index contributed by atoms with van der Waals surface area (Å²) in [6.07, 6.45) is 8.16. The van der Waals surface area contributed by atoms with E-state index in [0.717, 1.165) is 18.7 Å². The lowest BCUT2D eigenvalue weighted by atomic mass is 10.1. The Morgan fingerprint density at radius 3 is 3.00 bits per heavy atom. The Labute approximate surface area is 73.6 Å². The molecule has 1 heterocycles. The number of aromatic nitrogens is 2. The Kier molecular flexibility index (Phi) is 2.93. The van der Waals surface area contributed by atoms with Gasteiger partial charge >= 0.3 is 0 Å². The van der Waals surface area contributed by atoms with E-state index in [0.29, 0.717) is 5.92 Å². The summed E-state index contributed by atoms with van der Waals surface area (Å²) < 4.78 is 1.88. The summed E-state index contributed by atoms with van der Waals surface area (Å²) in [4.78, 5) is 0. The third-order valence-corrected chi connectivity index (χ3v) is 1.78. The standard InChI is InChI=1S/C10H14N2/c1-4-10-5-7-11-12(10)8-6-9(2)3/h1,5,7,9H,6,8H2,2-3H3. The normalized spacial score (nSPS) is 10.2. The van der Waals surface area contributed by atoms with E-state index in [1.807, 2.05) is 10.7 Å². The van der Waals surface area contributed by atoms with E-state index in [-0.39, 0.29) is 0 Å². The second kappa shape index (κ2) is 3.96. The van der Waals surface area contributed by atoms with Gasteiger partial charge in [-0.1, -0.05) is 19.8 Å². The first-order valence-corrected chi connectivity index (χ1v) is 4.22. The van der Waals surface area contributed by atoms with Gasteiger partial charge in [0.25, 0.3) is 0 Å². The molecule has 1 aromatic rings. The van der Waals surface area contributed by atoms with Crippen LogP contribution < -0.4 is 0 Å². The van der Waals surface area contributed by atoms with Gasteiger partial charge in [0.05, 0.1) is 6.20 Å². The lowest BCUT2D eigenvalue weighted by Gasteiger charge is -2.05. The number of rotatable bonds is 3. The minimum absolute atomic E-state index is 0.694. The highest BCUT2D eigenvalue weighted by Crippen LogP contribution is 2.04. The maximum atomic E-state index is 5.29. The molecule has 64 valence electrons. The van der Waals surface area contributed by atoms with Crippen LogP contribution in [0.4, 0.5) is 0 Å². The molecule has 0 fully saturated rings. The SMILES string of the molecule is C#Cc1ccnn1CCC(C)C. The lowest BCUT2D eigenvalue weighted by molar-refractivity contribution is 0.484. The number of terminal acetylenes is 1. The van der Waals surface area contributed by atoms with Crippen molar-refractivity contribution in [2.45, 2.75) is 26.8 Å². The first-order chi connectivity index (χ1) is 5.74. The summed E-state index contributed by atoms with van der Waals surface area (Å²) in [5.41, 5.74) is 0.871. The van der Waals surface area contributed by atoms with Crippen LogP contribution in [-0.4, -0.2) is 9.78 Å². The van der Waals surface area contributed by atoms with E-state index in [9.17, 15) is 0 Å². The third kappa shape index (κ3) is 2.13. The van der Waals surface area contributed by atoms with E-state index >= 15 is 0 Å². The highest BCUT2D eigenvalue weighted by atomic mass is 15.3. The fraction of sp³-hybridized carbons (Fsp3) is 0.500. The second-order valence-electron chi connectivity index (χ2n) is 3.27. The van der Waals surface area contributed by atoms with Crippen LogP contribution in [0.5, 0.6) is 0 Å². The van der Waals surface area contributed by atoms with Crippen LogP contribution in [0.2, 0.25) is 0 Å². The molecule has 12 heavy (non-hydrogen) atoms. The van der Waals surface area contributed by atoms with Crippen LogP contribution >= 0.6 is 0 Å². The molecule has 0 unspecified atom stereocenters. The predicted octanol–water partition coefficient (Wildman–Crippen LogP) is 1.91. The zero-order valence-corrected chi connectivity index (χ0v) is 7.62. The van der Waals surface area contributed by atoms with Crippen molar-refractivity contribution < 1.29 is 0 Å². The molecule has 0 N–H and O–H groups in total. The van der Waals surface area contributed by atoms with Crippen LogP contribution in [-0.2, 0) is 6.54 Å². The van der Waals surface area contributed by atoms with E-state index in [4.69, 9.17) is 6.42 Å². The molecule has 0 aliphatic rings. The minimum Gasteiger partial charge on any atom is -0.257 e. The van der Waals surface area contributed by atoms with E-state index in [1.54, 1.807) is 6.20 Å². The van der Waals surface area contributed by atoms with Gasteiger partial charge in [-0.2, -0.15) is 5.10 Å². The summed E-state index contributed by atoms with van der Waals surface area (Å²) in [7, 11) is 0. The van der Waals surface area contributed by atoms with E-state index in [1.165, 1.54) is 0 Å². The summed E-state index contributed by atoms with van der Waals surface area (Å²) in [5.74, 6) is 3.29. The fourth-order valence-corrected chi connectivity index (χ4v) is 1.01. The van der Waals surface area contributed by atoms with Crippen LogP contribution in [0, 0.1) is 18.3 Å². The van der Waals surface area contributed by atoms with Gasteiger partial charge in [-0.15, -0.1) is 6.42 Å². The molecule has 0 saturated heterocycles. The van der Waals surface area contributed by atoms with Crippen molar-refractivity contribution >= 4 is 0 Å². The maximum Gasteiger partial charge on any atom is 0.110 e. The molecular formula is C10H14N2. The molecule has 0 saturated carbocycles. The second-order valence-corrected chi connectivity index (χ2v) is 3.27. The van der Waals surface area contributed by atoms with Crippen molar-refractivity contribution in [2.75, 3.05) is 0 Å². The van der Waals surface area contributed by atoms with Crippen LogP contribution in [0.1, 0.15) is 26.0 Å². The van der Waals surface area contributed by atoms with Gasteiger partial charge < -0.3 is 0 Å². The predicted molar refractivity (Wildman–Crippen MR) is 49.6 cm³/mol. The summed E-state index contributed by atoms with van der Waals surface area (Å²) in [6, 6.07) is 1.86. The quantitative estimate of drug-likeness (QED) is 0.621. The van der Waals surface area contributed by atoms with Gasteiger partial charge in [0, 0.05) is 6.54 Å². The zero-order valence-electron chi connectivity index (χ0n) is 7.62. The van der Waals surface area contributed by atoms with Gasteiger partial charge in [0.1, 0.15) is 5.69 Å². The summed E-state index contributed by atoms with van der Waals surface area (Å²) in [6.45, 7) is 5.31. The van der Waals surface area contributed by atoms with E-state index in [2.05, 4.69) is 24.9 Å². The highest BCUT2D eigenvalue weighted by molar-refractivity contribution is 5.22. The molecule has 0 bridgehead atoms. The summed E-state index contributed by atoms with van der Waals surface area (Å²) >= 11 is 0. The number of hydrogen-bond donors (Lipinski definition) is 0. The molecule has 0 radical (unpaired) electrons. The third-order valence-electron chi connectivity index (χ3n) is 1.78. The number of nitrogens with zero attached hydrogens (tertiary/aromatic N) is 2. The average Bonchev–Trinajstić information content (AvgIpc) is 2.47. The van der Waals surface area contributed by atoms with E-state index < -0.39 is 0 Å². The van der Waals surface area contributed by atoms with Gasteiger partial charge in [0.2, 0.25) is 0 Å². The Morgan fingerprint density at radius 2 is 2.42 bits per heavy atom. The summed E-state index contributed by atoms with van der Waals surface area (Å²) in [5, 5.41) is 4.13. The van der Waals surface area contributed by atoms with Crippen LogP contribution in [0.25, 0.3) is 0 Å². The number of hydrogen-bond acceptors (Lipinski definition) is 1. The smallest absolute Gasteiger partial charge is 0.110 e. The monoisotopic (exact) mass is 162 g/mol. The highest BCUT2D eigenvalue weighted by Gasteiger charge is 1.99. The van der Waals surface area contributed by atoms with Crippen LogP contribution in [0.15, 0.2) is 12.3 Å². The van der Waals surface area contributed by atoms with Gasteiger partial charge in [-0.05, 0) is 18.4 Å². The topological polar surface area (TPSA) is 17.8 Å². The molecule has 0 atom stereocenters. The van der Waals surface area contributed by atoms with Crippen molar-refractivity contribution in [1.82, 2.24) is 9.78 Å². The molecule has 0 aromatic carbocycles. The molecule has 2 heteroatoms. The zero-order chi connectivity index (χ0) is 8.97. The molecule has 2 nitrogen and oxygen atoms in total. The number of aryl methyl sites for hydroxylation is 1. The van der Waals surface area contributed by atoms with Gasteiger partial charge in [-0.3, -0.25) is 4.68 Å². The molecular weight excluding hydrogens is 148 g/mol. The minimum atomic E-state index is 0.694. The van der Waals surface area contributed by atoms with Crippen molar-refractivity contribution in [1.29, 1.82) is 0 Å². The van der Waals surface area contributed by atoms with Crippen molar-refractivity contribution in [2.24, 2.45) is 5.92 Å². The maximum absolute atomic E-state index is 5.29. The lowest BCUT2D eigenvalue weighted by Crippen LogP contribution is -2.05. The molecule has 1 rings (SSSR count). The average molecular weight is 162 g/mol. The molecule has 0 aliphatic carbocycles. The van der Waals surface area contributed by atoms with Crippen LogP contribution in [0.3, 0.4) is 0 Å². The van der Waals surface area contributed by atoms with Gasteiger partial charge in [-0.25, -0.2) is 0 Å². The molecule has 0 spiro atoms. The Bertz CT molecular complexity index is 278. The van der Waals surface area contributed by atoms with Crippen molar-refractivity contribution in [3.05, 3.63) is 18.0 Å². The largest absolute Gasteiger partial charge is 0.257 e. The van der Waals surface area contributed by atoms with Crippen molar-refractivity contribution in [3.8, 4) is 12.3 Å². The van der Waals surface area contributed by atoms with Gasteiger partial charge in [0.15, 0.2) is 0 Å². The fourth-order valence-electron chi connectivity index (χ4n) is 1.01. The molecule has 1 aromatic heterocycles. The first kappa shape index (κ1) is 8.86. The Morgan fingerprint density at radius 1 is 1.67 bits per heavy atom. The molecule has 0 aliphatic heterocycles. The first-order valence-electron chi connectivity index (χ1n) is 4.22. The Balaban J connectivity index is 2.58. The van der Waals surface area contributed by atoms with Crippen molar-refractivity contribution in [3.63, 3.8) is 0 Å². The molecule has 0 amide bonds. The Hall–Kier alpha value is -1.23.